The van der Waals surface area contributed by atoms with Crippen molar-refractivity contribution in [1.82, 2.24) is 0 Å². The Labute approximate surface area is 60.2 Å². The van der Waals surface area contributed by atoms with E-state index in [1.807, 2.05) is 0 Å². The second-order valence-corrected chi connectivity index (χ2v) is 3.70. The van der Waals surface area contributed by atoms with Crippen molar-refractivity contribution in [2.75, 3.05) is 0 Å². The Hall–Kier alpha value is -0.530. The summed E-state index contributed by atoms with van der Waals surface area (Å²) < 4.78 is 0. The molecule has 56 valence electrons. The van der Waals surface area contributed by atoms with Gasteiger partial charge in [-0.05, 0) is 37.0 Å². The summed E-state index contributed by atoms with van der Waals surface area (Å²) in [7, 11) is 0. The largest absolute Gasteiger partial charge is 0.481 e. The van der Waals surface area contributed by atoms with E-state index in [0.29, 0.717) is 17.8 Å². The van der Waals surface area contributed by atoms with Gasteiger partial charge < -0.3 is 5.11 Å². The van der Waals surface area contributed by atoms with E-state index in [9.17, 15) is 4.79 Å². The third-order valence-electron chi connectivity index (χ3n) is 3.17. The van der Waals surface area contributed by atoms with Crippen LogP contribution < -0.4 is 0 Å². The standard InChI is InChI=1S/C8H12O2/c9-7(10)5-6-1-2-8(6)3-4-8/h6H,1-5H2,(H,9,10)/t6-/m1/s1. The van der Waals surface area contributed by atoms with E-state index in [1.165, 1.54) is 19.3 Å². The highest BCUT2D eigenvalue weighted by Crippen LogP contribution is 2.65. The van der Waals surface area contributed by atoms with Gasteiger partial charge in [0.05, 0.1) is 0 Å². The molecule has 1 spiro atoms. The molecular formula is C8H12O2. The van der Waals surface area contributed by atoms with Crippen LogP contribution in [-0.4, -0.2) is 11.1 Å². The maximum Gasteiger partial charge on any atom is 0.303 e. The second-order valence-electron chi connectivity index (χ2n) is 3.70. The first kappa shape index (κ1) is 6.20. The lowest BCUT2D eigenvalue weighted by atomic mass is 9.69. The van der Waals surface area contributed by atoms with E-state index < -0.39 is 5.97 Å². The summed E-state index contributed by atoms with van der Waals surface area (Å²) in [6, 6.07) is 0. The van der Waals surface area contributed by atoms with Crippen molar-refractivity contribution in [3.8, 4) is 0 Å². The zero-order chi connectivity index (χ0) is 7.19. The Morgan fingerprint density at radius 2 is 2.20 bits per heavy atom. The highest BCUT2D eigenvalue weighted by atomic mass is 16.4. The Kier molecular flexibility index (Phi) is 1.08. The minimum Gasteiger partial charge on any atom is -0.481 e. The molecule has 2 saturated carbocycles. The number of carbonyl (C=O) groups is 1. The van der Waals surface area contributed by atoms with Crippen molar-refractivity contribution in [3.05, 3.63) is 0 Å². The molecule has 1 N–H and O–H groups in total. The number of carboxylic acid groups (broad SMARTS) is 1. The van der Waals surface area contributed by atoms with E-state index in [4.69, 9.17) is 5.11 Å². The summed E-state index contributed by atoms with van der Waals surface area (Å²) in [5.74, 6) is -0.0824. The van der Waals surface area contributed by atoms with Crippen molar-refractivity contribution < 1.29 is 9.90 Å². The Morgan fingerprint density at radius 3 is 2.50 bits per heavy atom. The monoisotopic (exact) mass is 140 g/mol. The average Bonchev–Trinajstić information content (AvgIpc) is 2.59. The summed E-state index contributed by atoms with van der Waals surface area (Å²) in [5, 5.41) is 8.51. The predicted molar refractivity (Wildman–Crippen MR) is 36.6 cm³/mol. The molecule has 0 heterocycles. The van der Waals surface area contributed by atoms with Gasteiger partial charge in [-0.15, -0.1) is 0 Å². The van der Waals surface area contributed by atoms with Crippen LogP contribution in [0.3, 0.4) is 0 Å². The van der Waals surface area contributed by atoms with Gasteiger partial charge in [-0.1, -0.05) is 0 Å². The molecular weight excluding hydrogens is 128 g/mol. The van der Waals surface area contributed by atoms with Crippen LogP contribution in [0.4, 0.5) is 0 Å². The molecule has 0 bridgehead atoms. The van der Waals surface area contributed by atoms with Crippen molar-refractivity contribution in [1.29, 1.82) is 0 Å². The predicted octanol–water partition coefficient (Wildman–Crippen LogP) is 1.65. The lowest BCUT2D eigenvalue weighted by Crippen LogP contribution is -2.29. The summed E-state index contributed by atoms with van der Waals surface area (Å²) in [6.45, 7) is 0. The number of hydrogen-bond acceptors (Lipinski definition) is 1. The molecule has 0 aromatic heterocycles. The molecule has 2 heteroatoms. The lowest BCUT2D eigenvalue weighted by molar-refractivity contribution is -0.139. The van der Waals surface area contributed by atoms with Gasteiger partial charge in [0.2, 0.25) is 0 Å². The summed E-state index contributed by atoms with van der Waals surface area (Å²) in [6.07, 6.45) is 5.47. The van der Waals surface area contributed by atoms with E-state index in [1.54, 1.807) is 0 Å². The third-order valence-corrected chi connectivity index (χ3v) is 3.17. The van der Waals surface area contributed by atoms with Crippen molar-refractivity contribution >= 4 is 5.97 Å². The van der Waals surface area contributed by atoms with Crippen molar-refractivity contribution in [3.63, 3.8) is 0 Å². The van der Waals surface area contributed by atoms with Gasteiger partial charge in [-0.2, -0.15) is 0 Å². The van der Waals surface area contributed by atoms with Gasteiger partial charge in [0.25, 0.3) is 0 Å². The first-order chi connectivity index (χ1) is 4.73. The molecule has 0 aromatic carbocycles. The molecule has 2 fully saturated rings. The van der Waals surface area contributed by atoms with E-state index in [-0.39, 0.29) is 0 Å². The van der Waals surface area contributed by atoms with Crippen LogP contribution in [0.2, 0.25) is 0 Å². The normalized spacial score (nSPS) is 33.4. The zero-order valence-electron chi connectivity index (χ0n) is 5.97. The van der Waals surface area contributed by atoms with Crippen LogP contribution in [0.25, 0.3) is 0 Å². The van der Waals surface area contributed by atoms with Gasteiger partial charge in [0.15, 0.2) is 0 Å². The molecule has 2 aliphatic rings. The first-order valence-electron chi connectivity index (χ1n) is 3.95. The van der Waals surface area contributed by atoms with Gasteiger partial charge in [0.1, 0.15) is 0 Å². The summed E-state index contributed by atoms with van der Waals surface area (Å²) in [5.41, 5.74) is 0.540. The molecule has 2 nitrogen and oxygen atoms in total. The van der Waals surface area contributed by atoms with E-state index >= 15 is 0 Å². The fourth-order valence-electron chi connectivity index (χ4n) is 2.10. The highest BCUT2D eigenvalue weighted by molar-refractivity contribution is 5.67. The average molecular weight is 140 g/mol. The Balaban J connectivity index is 1.89. The van der Waals surface area contributed by atoms with E-state index in [2.05, 4.69) is 0 Å². The van der Waals surface area contributed by atoms with Crippen molar-refractivity contribution in [2.45, 2.75) is 32.1 Å². The number of aliphatic carboxylic acids is 1. The zero-order valence-corrected chi connectivity index (χ0v) is 5.97. The Morgan fingerprint density at radius 1 is 1.50 bits per heavy atom. The van der Waals surface area contributed by atoms with Gasteiger partial charge >= 0.3 is 5.97 Å². The lowest BCUT2D eigenvalue weighted by Gasteiger charge is -2.36. The molecule has 2 rings (SSSR count). The first-order valence-corrected chi connectivity index (χ1v) is 3.95. The smallest absolute Gasteiger partial charge is 0.303 e. The summed E-state index contributed by atoms with van der Waals surface area (Å²) in [4.78, 5) is 10.3. The highest BCUT2D eigenvalue weighted by Gasteiger charge is 2.55. The van der Waals surface area contributed by atoms with Crippen LogP contribution in [0.1, 0.15) is 32.1 Å². The number of hydrogen-bond donors (Lipinski definition) is 1. The van der Waals surface area contributed by atoms with Gasteiger partial charge in [-0.25, -0.2) is 0 Å². The van der Waals surface area contributed by atoms with E-state index in [0.717, 1.165) is 6.42 Å². The molecule has 0 amide bonds. The molecule has 1 atom stereocenters. The Bertz CT molecular complexity index is 170. The quantitative estimate of drug-likeness (QED) is 0.633. The fourth-order valence-corrected chi connectivity index (χ4v) is 2.10. The minimum atomic E-state index is -0.615. The van der Waals surface area contributed by atoms with Crippen LogP contribution in [-0.2, 0) is 4.79 Å². The maximum atomic E-state index is 10.3. The molecule has 0 radical (unpaired) electrons. The molecule has 2 aliphatic carbocycles. The molecule has 0 aliphatic heterocycles. The number of carboxylic acids is 1. The molecule has 0 aromatic rings. The van der Waals surface area contributed by atoms with Crippen LogP contribution >= 0.6 is 0 Å². The SMILES string of the molecule is O=C(O)C[C@H]1CCC12CC2. The van der Waals surface area contributed by atoms with Gasteiger partial charge in [-0.3, -0.25) is 4.79 Å². The number of rotatable bonds is 2. The minimum absolute atomic E-state index is 0.417. The molecule has 10 heavy (non-hydrogen) atoms. The van der Waals surface area contributed by atoms with Crippen LogP contribution in [0, 0.1) is 11.3 Å². The maximum absolute atomic E-state index is 10.3. The fraction of sp³-hybridized carbons (Fsp3) is 0.875. The second kappa shape index (κ2) is 1.74. The van der Waals surface area contributed by atoms with Crippen LogP contribution in [0.5, 0.6) is 0 Å². The summed E-state index contributed by atoms with van der Waals surface area (Å²) >= 11 is 0. The topological polar surface area (TPSA) is 37.3 Å². The molecule has 0 unspecified atom stereocenters. The van der Waals surface area contributed by atoms with Gasteiger partial charge in [0, 0.05) is 6.42 Å². The molecule has 0 saturated heterocycles. The third kappa shape index (κ3) is 0.746. The van der Waals surface area contributed by atoms with Crippen LogP contribution in [0.15, 0.2) is 0 Å². The van der Waals surface area contributed by atoms with Crippen molar-refractivity contribution in [2.24, 2.45) is 11.3 Å².